The molecule has 35 heavy (non-hydrogen) atoms. The zero-order chi connectivity index (χ0) is 25.5. The Morgan fingerprint density at radius 3 is 2.43 bits per heavy atom. The highest BCUT2D eigenvalue weighted by molar-refractivity contribution is 6.06. The monoisotopic (exact) mass is 479 g/mol. The van der Waals surface area contributed by atoms with Crippen LogP contribution >= 0.6 is 0 Å². The molecule has 2 atom stereocenters. The van der Waals surface area contributed by atoms with Crippen LogP contribution in [0.5, 0.6) is 0 Å². The van der Waals surface area contributed by atoms with Crippen molar-refractivity contribution in [2.24, 2.45) is 0 Å². The van der Waals surface area contributed by atoms with Crippen LogP contribution in [-0.2, 0) is 20.9 Å². The summed E-state index contributed by atoms with van der Waals surface area (Å²) in [5.41, 5.74) is 1.70. The minimum atomic E-state index is -1.10. The average Bonchev–Trinajstić information content (AvgIpc) is 3.33. The summed E-state index contributed by atoms with van der Waals surface area (Å²) in [6, 6.07) is 4.57. The van der Waals surface area contributed by atoms with Crippen LogP contribution in [0.25, 0.3) is 22.0 Å². The van der Waals surface area contributed by atoms with Crippen molar-refractivity contribution in [2.75, 3.05) is 0 Å². The van der Waals surface area contributed by atoms with Crippen LogP contribution in [0, 0.1) is 6.92 Å². The number of aromatic nitrogens is 4. The topological polar surface area (TPSA) is 128 Å². The van der Waals surface area contributed by atoms with Gasteiger partial charge in [0.1, 0.15) is 35.9 Å². The molecule has 1 aliphatic heterocycles. The van der Waals surface area contributed by atoms with Crippen LogP contribution in [0.15, 0.2) is 30.6 Å². The molecule has 0 spiro atoms. The lowest BCUT2D eigenvalue weighted by Crippen LogP contribution is -2.48. The summed E-state index contributed by atoms with van der Waals surface area (Å²) in [7, 11) is 0. The van der Waals surface area contributed by atoms with E-state index in [-0.39, 0.29) is 24.4 Å². The molecule has 1 N–H and O–H groups in total. The first kappa shape index (κ1) is 24.5. The van der Waals surface area contributed by atoms with Crippen molar-refractivity contribution in [3.05, 3.63) is 42.1 Å². The van der Waals surface area contributed by atoms with Gasteiger partial charge in [-0.1, -0.05) is 6.07 Å². The number of hydrogen-bond donors (Lipinski definition) is 1. The molecule has 184 valence electrons. The Bertz CT molecular complexity index is 1290. The van der Waals surface area contributed by atoms with E-state index >= 15 is 0 Å². The van der Waals surface area contributed by atoms with E-state index in [4.69, 9.17) is 4.74 Å². The molecule has 3 heterocycles. The number of rotatable bonds is 5. The Morgan fingerprint density at radius 1 is 1.11 bits per heavy atom. The maximum Gasteiger partial charge on any atom is 0.329 e. The highest BCUT2D eigenvalue weighted by Gasteiger charge is 2.42. The lowest BCUT2D eigenvalue weighted by atomic mass is 10.0. The highest BCUT2D eigenvalue weighted by Crippen LogP contribution is 2.29. The number of carbonyl (C=O) groups is 3. The van der Waals surface area contributed by atoms with Crippen LogP contribution in [0.4, 0.5) is 0 Å². The molecule has 1 saturated heterocycles. The van der Waals surface area contributed by atoms with Gasteiger partial charge in [-0.2, -0.15) is 5.10 Å². The van der Waals surface area contributed by atoms with Gasteiger partial charge in [0.15, 0.2) is 5.78 Å². The third kappa shape index (κ3) is 5.07. The summed E-state index contributed by atoms with van der Waals surface area (Å²) >= 11 is 0. The molecule has 4 rings (SSSR count). The van der Waals surface area contributed by atoms with E-state index in [0.717, 1.165) is 16.0 Å². The zero-order valence-corrected chi connectivity index (χ0v) is 20.5. The lowest BCUT2D eigenvalue weighted by Gasteiger charge is -2.29. The highest BCUT2D eigenvalue weighted by atomic mass is 16.6. The van der Waals surface area contributed by atoms with Crippen molar-refractivity contribution in [3.63, 3.8) is 0 Å². The number of aryl methyl sites for hydroxylation is 1. The molecule has 3 aromatic rings. The Balaban J connectivity index is 1.65. The predicted molar refractivity (Wildman–Crippen MR) is 127 cm³/mol. The second kappa shape index (κ2) is 9.18. The maximum absolute atomic E-state index is 13.2. The molecule has 10 nitrogen and oxygen atoms in total. The SMILES string of the molecule is CC(=O)c1nn(CC(=O)N2C(O)CC[C@H]2C(=O)OC(C)(C)C)c2ccc(-c3cnc(C)nc3)cc12. The largest absolute Gasteiger partial charge is 0.458 e. The molecule has 10 heteroatoms. The zero-order valence-electron chi connectivity index (χ0n) is 20.5. The number of Topliss-reactive ketones (excluding diaryl/α,β-unsaturated/α-hetero) is 1. The molecular formula is C25H29N5O5. The number of nitrogens with zero attached hydrogens (tertiary/aromatic N) is 5. The average molecular weight is 480 g/mol. The molecular weight excluding hydrogens is 450 g/mol. The Labute approximate surface area is 202 Å². The summed E-state index contributed by atoms with van der Waals surface area (Å²) in [5, 5.41) is 15.4. The molecule has 0 bridgehead atoms. The Kier molecular flexibility index (Phi) is 6.42. The van der Waals surface area contributed by atoms with E-state index in [2.05, 4.69) is 15.1 Å². The second-order valence-corrected chi connectivity index (χ2v) is 9.72. The number of hydrogen-bond acceptors (Lipinski definition) is 8. The van der Waals surface area contributed by atoms with Crippen LogP contribution in [0.1, 0.15) is 56.8 Å². The van der Waals surface area contributed by atoms with Crippen LogP contribution < -0.4 is 0 Å². The first-order valence-corrected chi connectivity index (χ1v) is 11.5. The number of ether oxygens (including phenoxy) is 1. The number of aliphatic hydroxyl groups excluding tert-OH is 1. The van der Waals surface area contributed by atoms with Crippen LogP contribution in [0.3, 0.4) is 0 Å². The molecule has 2 aromatic heterocycles. The van der Waals surface area contributed by atoms with E-state index in [1.165, 1.54) is 11.6 Å². The van der Waals surface area contributed by atoms with Gasteiger partial charge in [-0.25, -0.2) is 14.8 Å². The van der Waals surface area contributed by atoms with Crippen molar-refractivity contribution >= 4 is 28.6 Å². The number of aliphatic hydroxyl groups is 1. The normalized spacial score (nSPS) is 18.2. The molecule has 0 saturated carbocycles. The number of carbonyl (C=O) groups excluding carboxylic acids is 3. The minimum Gasteiger partial charge on any atom is -0.458 e. The van der Waals surface area contributed by atoms with Gasteiger partial charge in [0.05, 0.1) is 5.52 Å². The molecule has 1 fully saturated rings. The van der Waals surface area contributed by atoms with E-state index in [0.29, 0.717) is 23.1 Å². The molecule has 1 unspecified atom stereocenters. The van der Waals surface area contributed by atoms with Crippen LogP contribution in [-0.4, -0.2) is 65.3 Å². The van der Waals surface area contributed by atoms with Gasteiger partial charge in [-0.3, -0.25) is 14.3 Å². The molecule has 0 radical (unpaired) electrons. The van der Waals surface area contributed by atoms with Gasteiger partial charge in [0.25, 0.3) is 0 Å². The quantitative estimate of drug-likeness (QED) is 0.437. The van der Waals surface area contributed by atoms with E-state index in [1.807, 2.05) is 12.1 Å². The number of likely N-dealkylation sites (tertiary alicyclic amines) is 1. The predicted octanol–water partition coefficient (Wildman–Crippen LogP) is 2.66. The molecule has 1 aromatic carbocycles. The summed E-state index contributed by atoms with van der Waals surface area (Å²) in [4.78, 5) is 47.9. The summed E-state index contributed by atoms with van der Waals surface area (Å²) in [6.07, 6.45) is 2.90. The Morgan fingerprint density at radius 2 is 1.80 bits per heavy atom. The number of benzene rings is 1. The van der Waals surface area contributed by atoms with Crippen LogP contribution in [0.2, 0.25) is 0 Å². The summed E-state index contributed by atoms with van der Waals surface area (Å²) in [5.74, 6) is -0.630. The fraction of sp³-hybridized carbons (Fsp3) is 0.440. The van der Waals surface area contributed by atoms with Gasteiger partial charge >= 0.3 is 5.97 Å². The third-order valence-corrected chi connectivity index (χ3v) is 5.81. The van der Waals surface area contributed by atoms with Gasteiger partial charge < -0.3 is 14.7 Å². The summed E-state index contributed by atoms with van der Waals surface area (Å²) < 4.78 is 6.88. The standard InChI is InChI=1S/C25H29N5O5/c1-14(31)23-18-10-16(17-11-26-15(2)27-12-17)6-7-19(18)29(28-23)13-22(33)30-20(8-9-21(30)32)24(34)35-25(3,4)5/h6-7,10-12,20-21,32H,8-9,13H2,1-5H3/t20-,21?/m0/s1. The molecule has 1 amide bonds. The van der Waals surface area contributed by atoms with Crippen molar-refractivity contribution < 1.29 is 24.2 Å². The molecule has 1 aliphatic rings. The summed E-state index contributed by atoms with van der Waals surface area (Å²) in [6.45, 7) is 8.22. The van der Waals surface area contributed by atoms with E-state index in [9.17, 15) is 19.5 Å². The van der Waals surface area contributed by atoms with Crippen molar-refractivity contribution in [2.45, 2.75) is 71.9 Å². The molecule has 0 aliphatic carbocycles. The maximum atomic E-state index is 13.2. The lowest BCUT2D eigenvalue weighted by molar-refractivity contribution is -0.167. The first-order chi connectivity index (χ1) is 16.4. The van der Waals surface area contributed by atoms with Gasteiger partial charge in [-0.15, -0.1) is 0 Å². The van der Waals surface area contributed by atoms with Crippen molar-refractivity contribution in [3.8, 4) is 11.1 Å². The third-order valence-electron chi connectivity index (χ3n) is 5.81. The number of esters is 1. The second-order valence-electron chi connectivity index (χ2n) is 9.72. The van der Waals surface area contributed by atoms with E-state index in [1.54, 1.807) is 46.2 Å². The number of fused-ring (bicyclic) bond motifs is 1. The van der Waals surface area contributed by atoms with E-state index < -0.39 is 29.7 Å². The first-order valence-electron chi connectivity index (χ1n) is 11.5. The van der Waals surface area contributed by atoms with Crippen molar-refractivity contribution in [1.29, 1.82) is 0 Å². The van der Waals surface area contributed by atoms with Crippen molar-refractivity contribution in [1.82, 2.24) is 24.6 Å². The van der Waals surface area contributed by atoms with Gasteiger partial charge in [-0.05, 0) is 58.2 Å². The number of ketones is 1. The number of amides is 1. The smallest absolute Gasteiger partial charge is 0.329 e. The minimum absolute atomic E-state index is 0.230. The fourth-order valence-corrected chi connectivity index (χ4v) is 4.22. The Hall–Kier alpha value is -3.66. The fourth-order valence-electron chi connectivity index (χ4n) is 4.22. The van der Waals surface area contributed by atoms with Gasteiger partial charge in [0, 0.05) is 30.3 Å². The van der Waals surface area contributed by atoms with Gasteiger partial charge in [0.2, 0.25) is 5.91 Å².